The highest BCUT2D eigenvalue weighted by atomic mass is 32.2. The fourth-order valence-corrected chi connectivity index (χ4v) is 6.96. The molecule has 0 saturated carbocycles. The fourth-order valence-electron chi connectivity index (χ4n) is 6.04. The number of nitrogens with zero attached hydrogens (tertiary/aromatic N) is 4. The van der Waals surface area contributed by atoms with Crippen molar-refractivity contribution in [2.24, 2.45) is 5.73 Å². The second kappa shape index (κ2) is 12.8. The number of anilines is 1. The number of aromatic nitrogens is 2. The number of halogens is 1. The predicted octanol–water partition coefficient (Wildman–Crippen LogP) is 5.23. The summed E-state index contributed by atoms with van der Waals surface area (Å²) in [5, 5.41) is 0.427. The van der Waals surface area contributed by atoms with Crippen molar-refractivity contribution in [3.05, 3.63) is 102 Å². The van der Waals surface area contributed by atoms with E-state index in [4.69, 9.17) is 19.3 Å². The third-order valence-corrected chi connectivity index (χ3v) is 9.56. The molecular weight excluding hydrogens is 637 g/mol. The standard InChI is InChI=1S/C35H32FN5O6S/c1-48(43,44)41(13-12-40-14-16-45-17-15-40)28-21-30-27(32(33(37)42)31(46-30)18-22-7-9-25(36)10-8-22)20-26(28)23-4-2-5-24(19-23)35-39-34-29(47-35)6-3-11-38-34/h2-11,19-21H,12-18H2,1H3,(H2,37,42). The van der Waals surface area contributed by atoms with Gasteiger partial charge in [0.25, 0.3) is 5.91 Å². The van der Waals surface area contributed by atoms with E-state index in [1.807, 2.05) is 24.3 Å². The summed E-state index contributed by atoms with van der Waals surface area (Å²) in [6.45, 7) is 3.18. The Morgan fingerprint density at radius 2 is 1.75 bits per heavy atom. The van der Waals surface area contributed by atoms with Gasteiger partial charge in [0.2, 0.25) is 15.9 Å². The molecule has 3 aromatic heterocycles. The minimum absolute atomic E-state index is 0.166. The van der Waals surface area contributed by atoms with Gasteiger partial charge in [-0.2, -0.15) is 4.98 Å². The maximum atomic E-state index is 13.6. The van der Waals surface area contributed by atoms with Gasteiger partial charge >= 0.3 is 0 Å². The Bertz CT molecular complexity index is 2210. The first kappa shape index (κ1) is 31.5. The lowest BCUT2D eigenvalue weighted by Gasteiger charge is -2.31. The molecule has 1 saturated heterocycles. The van der Waals surface area contributed by atoms with Gasteiger partial charge in [-0.15, -0.1) is 0 Å². The van der Waals surface area contributed by atoms with Gasteiger partial charge in [-0.05, 0) is 53.6 Å². The van der Waals surface area contributed by atoms with Crippen molar-refractivity contribution < 1.29 is 31.2 Å². The Morgan fingerprint density at radius 1 is 0.979 bits per heavy atom. The van der Waals surface area contributed by atoms with Crippen LogP contribution in [0.2, 0.25) is 0 Å². The zero-order valence-corrected chi connectivity index (χ0v) is 26.9. The van der Waals surface area contributed by atoms with Crippen LogP contribution in [0, 0.1) is 5.82 Å². The number of pyridine rings is 1. The van der Waals surface area contributed by atoms with Crippen molar-refractivity contribution in [1.82, 2.24) is 14.9 Å². The van der Waals surface area contributed by atoms with Gasteiger partial charge in [-0.1, -0.05) is 24.3 Å². The van der Waals surface area contributed by atoms with Gasteiger partial charge in [0.1, 0.15) is 17.2 Å². The Labute approximate surface area is 275 Å². The lowest BCUT2D eigenvalue weighted by Crippen LogP contribution is -2.43. The number of hydrogen-bond acceptors (Lipinski definition) is 9. The van der Waals surface area contributed by atoms with Gasteiger partial charge in [0.15, 0.2) is 11.2 Å². The summed E-state index contributed by atoms with van der Waals surface area (Å²) in [6.07, 6.45) is 2.97. The number of benzene rings is 3. The Kier molecular flexibility index (Phi) is 8.42. The fraction of sp³-hybridized carbons (Fsp3) is 0.229. The molecule has 0 radical (unpaired) electrons. The van der Waals surface area contributed by atoms with E-state index in [0.717, 1.165) is 0 Å². The van der Waals surface area contributed by atoms with Crippen LogP contribution in [0.25, 0.3) is 44.8 Å². The Hall–Kier alpha value is -5.11. The molecule has 4 heterocycles. The smallest absolute Gasteiger partial charge is 0.252 e. The van der Waals surface area contributed by atoms with E-state index in [1.165, 1.54) is 22.7 Å². The number of oxazole rings is 1. The molecule has 1 aliphatic heterocycles. The molecule has 0 spiro atoms. The molecule has 1 amide bonds. The number of furan rings is 1. The van der Waals surface area contributed by atoms with Gasteiger partial charge in [-0.3, -0.25) is 14.0 Å². The number of nitrogens with two attached hydrogens (primary N) is 1. The first-order valence-electron chi connectivity index (χ1n) is 15.4. The van der Waals surface area contributed by atoms with Crippen molar-refractivity contribution in [1.29, 1.82) is 0 Å². The number of hydrogen-bond donors (Lipinski definition) is 1. The molecule has 48 heavy (non-hydrogen) atoms. The van der Waals surface area contributed by atoms with Crippen molar-refractivity contribution in [3.8, 4) is 22.6 Å². The predicted molar refractivity (Wildman–Crippen MR) is 180 cm³/mol. The summed E-state index contributed by atoms with van der Waals surface area (Å²) in [7, 11) is -3.80. The topological polar surface area (TPSA) is 145 Å². The van der Waals surface area contributed by atoms with E-state index in [9.17, 15) is 17.6 Å². The largest absolute Gasteiger partial charge is 0.460 e. The molecule has 246 valence electrons. The average molecular weight is 670 g/mol. The van der Waals surface area contributed by atoms with Crippen molar-refractivity contribution >= 4 is 43.8 Å². The molecule has 11 nitrogen and oxygen atoms in total. The first-order valence-corrected chi connectivity index (χ1v) is 17.2. The van der Waals surface area contributed by atoms with Crippen LogP contribution in [-0.4, -0.2) is 74.8 Å². The molecule has 0 atom stereocenters. The van der Waals surface area contributed by atoms with Crippen LogP contribution in [-0.2, 0) is 21.2 Å². The van der Waals surface area contributed by atoms with Crippen LogP contribution < -0.4 is 10.0 Å². The highest BCUT2D eigenvalue weighted by Crippen LogP contribution is 2.40. The quantitative estimate of drug-likeness (QED) is 0.207. The SMILES string of the molecule is CS(=O)(=O)N(CCN1CCOCC1)c1cc2oc(Cc3ccc(F)cc3)c(C(N)=O)c2cc1-c1cccc(-c2nc3ncccc3o2)c1. The average Bonchev–Trinajstić information content (AvgIpc) is 3.67. The molecule has 0 aliphatic carbocycles. The van der Waals surface area contributed by atoms with Crippen LogP contribution in [0.3, 0.4) is 0 Å². The minimum atomic E-state index is -3.80. The van der Waals surface area contributed by atoms with Crippen molar-refractivity contribution in [2.75, 3.05) is 50.0 Å². The molecular formula is C35H32FN5O6S. The number of rotatable bonds is 10. The highest BCUT2D eigenvalue weighted by molar-refractivity contribution is 7.92. The zero-order chi connectivity index (χ0) is 33.4. The second-order valence-electron chi connectivity index (χ2n) is 11.6. The summed E-state index contributed by atoms with van der Waals surface area (Å²) in [5.74, 6) is -0.450. The van der Waals surface area contributed by atoms with E-state index in [-0.39, 0.29) is 24.3 Å². The van der Waals surface area contributed by atoms with E-state index >= 15 is 0 Å². The summed E-state index contributed by atoms with van der Waals surface area (Å²) in [6, 6.07) is 20.1. The van der Waals surface area contributed by atoms with E-state index in [0.29, 0.717) is 94.6 Å². The molecule has 1 aliphatic rings. The van der Waals surface area contributed by atoms with Crippen molar-refractivity contribution in [3.63, 3.8) is 0 Å². The molecule has 13 heteroatoms. The lowest BCUT2D eigenvalue weighted by atomic mass is 9.97. The normalized spacial score (nSPS) is 14.1. The minimum Gasteiger partial charge on any atom is -0.460 e. The molecule has 7 rings (SSSR count). The monoisotopic (exact) mass is 669 g/mol. The van der Waals surface area contributed by atoms with Crippen LogP contribution in [0.1, 0.15) is 21.7 Å². The molecule has 2 N–H and O–H groups in total. The van der Waals surface area contributed by atoms with Crippen LogP contribution in [0.5, 0.6) is 0 Å². The van der Waals surface area contributed by atoms with Gasteiger partial charge in [0, 0.05) is 61.4 Å². The number of morpholine rings is 1. The van der Waals surface area contributed by atoms with Gasteiger partial charge in [-0.25, -0.2) is 17.8 Å². The van der Waals surface area contributed by atoms with Crippen LogP contribution >= 0.6 is 0 Å². The van der Waals surface area contributed by atoms with Crippen molar-refractivity contribution in [2.45, 2.75) is 6.42 Å². The molecule has 0 unspecified atom stereocenters. The summed E-state index contributed by atoms with van der Waals surface area (Å²) >= 11 is 0. The zero-order valence-electron chi connectivity index (χ0n) is 26.1. The lowest BCUT2D eigenvalue weighted by molar-refractivity contribution is 0.0395. The molecule has 0 bridgehead atoms. The highest BCUT2D eigenvalue weighted by Gasteiger charge is 2.27. The second-order valence-corrected chi connectivity index (χ2v) is 13.6. The summed E-state index contributed by atoms with van der Waals surface area (Å²) < 4.78 is 59.6. The van der Waals surface area contributed by atoms with E-state index in [2.05, 4.69) is 14.9 Å². The number of carbonyl (C=O) groups is 1. The number of carbonyl (C=O) groups excluding carboxylic acids is 1. The molecule has 3 aromatic carbocycles. The van der Waals surface area contributed by atoms with Gasteiger partial charge in [0.05, 0.1) is 30.7 Å². The van der Waals surface area contributed by atoms with E-state index in [1.54, 1.807) is 42.6 Å². The third kappa shape index (κ3) is 6.39. The number of ether oxygens (including phenoxy) is 1. The Balaban J connectivity index is 1.39. The number of fused-ring (bicyclic) bond motifs is 2. The first-order chi connectivity index (χ1) is 23.1. The van der Waals surface area contributed by atoms with Crippen LogP contribution in [0.4, 0.5) is 10.1 Å². The number of primary amides is 1. The maximum Gasteiger partial charge on any atom is 0.252 e. The van der Waals surface area contributed by atoms with Crippen LogP contribution in [0.15, 0.2) is 87.8 Å². The summed E-state index contributed by atoms with van der Waals surface area (Å²) in [4.78, 5) is 23.9. The van der Waals surface area contributed by atoms with Gasteiger partial charge < -0.3 is 19.3 Å². The maximum absolute atomic E-state index is 13.6. The Morgan fingerprint density at radius 3 is 2.48 bits per heavy atom. The summed E-state index contributed by atoms with van der Waals surface area (Å²) in [5.41, 5.74) is 10.3. The third-order valence-electron chi connectivity index (χ3n) is 8.38. The number of sulfonamides is 1. The van der Waals surface area contributed by atoms with E-state index < -0.39 is 15.9 Å². The molecule has 1 fully saturated rings. The molecule has 6 aromatic rings. The number of amides is 1.